The predicted molar refractivity (Wildman–Crippen MR) is 118 cm³/mol. The fourth-order valence-corrected chi connectivity index (χ4v) is 4.72. The Labute approximate surface area is 180 Å². The van der Waals surface area contributed by atoms with Crippen LogP contribution in [0.2, 0.25) is 0 Å². The standard InChI is InChI=1S/C22H20N4O2S2/c27-30(28,19-14-8-3-9-15-19)25-20(16-17-10-4-1-5-11-17)21-23-24-22(29)26(21)18-12-6-2-7-13-18/h1-15,20,25H,16H2,(H,24,29)/t20-/m1/s1. The monoisotopic (exact) mass is 436 g/mol. The fraction of sp³-hybridized carbons (Fsp3) is 0.0909. The van der Waals surface area contributed by atoms with E-state index in [9.17, 15) is 8.42 Å². The van der Waals surface area contributed by atoms with Crippen molar-refractivity contribution in [2.75, 3.05) is 0 Å². The van der Waals surface area contributed by atoms with Crippen LogP contribution in [0.15, 0.2) is 95.9 Å². The lowest BCUT2D eigenvalue weighted by Crippen LogP contribution is -2.32. The molecule has 0 unspecified atom stereocenters. The molecule has 0 bridgehead atoms. The molecule has 1 atom stereocenters. The summed E-state index contributed by atoms with van der Waals surface area (Å²) in [5, 5.41) is 7.19. The average molecular weight is 437 g/mol. The van der Waals surface area contributed by atoms with Gasteiger partial charge in [-0.3, -0.25) is 9.67 Å². The summed E-state index contributed by atoms with van der Waals surface area (Å²) in [5.74, 6) is 0.495. The molecular formula is C22H20N4O2S2. The Hall–Kier alpha value is -3.07. The highest BCUT2D eigenvalue weighted by atomic mass is 32.2. The molecule has 0 radical (unpaired) electrons. The van der Waals surface area contributed by atoms with Crippen LogP contribution in [0, 0.1) is 4.77 Å². The van der Waals surface area contributed by atoms with Crippen LogP contribution >= 0.6 is 12.2 Å². The first-order chi connectivity index (χ1) is 14.5. The number of nitrogens with one attached hydrogen (secondary N) is 2. The minimum atomic E-state index is -3.77. The quantitative estimate of drug-likeness (QED) is 0.426. The number of para-hydroxylation sites is 1. The van der Waals surface area contributed by atoms with E-state index in [4.69, 9.17) is 12.2 Å². The third-order valence-electron chi connectivity index (χ3n) is 4.66. The van der Waals surface area contributed by atoms with E-state index in [1.54, 1.807) is 34.9 Å². The van der Waals surface area contributed by atoms with Crippen LogP contribution in [0.4, 0.5) is 0 Å². The highest BCUT2D eigenvalue weighted by Crippen LogP contribution is 2.23. The van der Waals surface area contributed by atoms with E-state index >= 15 is 0 Å². The number of rotatable bonds is 7. The maximum absolute atomic E-state index is 13.1. The number of sulfonamides is 1. The summed E-state index contributed by atoms with van der Waals surface area (Å²) < 4.78 is 31.1. The van der Waals surface area contributed by atoms with Gasteiger partial charge in [0, 0.05) is 5.69 Å². The lowest BCUT2D eigenvalue weighted by atomic mass is 10.1. The van der Waals surface area contributed by atoms with Crippen LogP contribution in [0.5, 0.6) is 0 Å². The van der Waals surface area contributed by atoms with Gasteiger partial charge in [-0.1, -0.05) is 66.7 Å². The van der Waals surface area contributed by atoms with Gasteiger partial charge >= 0.3 is 0 Å². The second-order valence-corrected chi connectivity index (χ2v) is 8.84. The zero-order valence-corrected chi connectivity index (χ0v) is 17.6. The van der Waals surface area contributed by atoms with Crippen molar-refractivity contribution in [3.05, 3.63) is 107 Å². The van der Waals surface area contributed by atoms with Crippen LogP contribution in [-0.2, 0) is 16.4 Å². The van der Waals surface area contributed by atoms with Gasteiger partial charge in [-0.2, -0.15) is 5.10 Å². The number of benzene rings is 3. The molecule has 30 heavy (non-hydrogen) atoms. The molecule has 0 saturated heterocycles. The molecule has 0 saturated carbocycles. The van der Waals surface area contributed by atoms with E-state index in [0.29, 0.717) is 17.0 Å². The molecule has 1 aromatic heterocycles. The summed E-state index contributed by atoms with van der Waals surface area (Å²) in [5.41, 5.74) is 1.79. The molecule has 2 N–H and O–H groups in total. The SMILES string of the molecule is O=S(=O)(N[C@H](Cc1ccccc1)c1n[nH]c(=S)n1-c1ccccc1)c1ccccc1. The molecule has 0 aliphatic heterocycles. The number of hydrogen-bond donors (Lipinski definition) is 2. The minimum absolute atomic E-state index is 0.198. The van der Waals surface area contributed by atoms with Gasteiger partial charge in [-0.25, -0.2) is 13.1 Å². The van der Waals surface area contributed by atoms with Crippen molar-refractivity contribution in [2.45, 2.75) is 17.4 Å². The van der Waals surface area contributed by atoms with Crippen LogP contribution in [0.1, 0.15) is 17.4 Å². The van der Waals surface area contributed by atoms with Gasteiger partial charge in [0.25, 0.3) is 0 Å². The van der Waals surface area contributed by atoms with Crippen LogP contribution in [0.25, 0.3) is 5.69 Å². The minimum Gasteiger partial charge on any atom is -0.271 e. The Morgan fingerprint density at radius 2 is 1.47 bits per heavy atom. The molecule has 0 aliphatic rings. The van der Waals surface area contributed by atoms with Gasteiger partial charge in [-0.05, 0) is 48.5 Å². The van der Waals surface area contributed by atoms with Gasteiger partial charge in [0.2, 0.25) is 10.0 Å². The molecule has 4 aromatic rings. The first kappa shape index (κ1) is 20.2. The largest absolute Gasteiger partial charge is 0.271 e. The third kappa shape index (κ3) is 4.40. The molecule has 3 aromatic carbocycles. The Morgan fingerprint density at radius 3 is 2.10 bits per heavy atom. The van der Waals surface area contributed by atoms with Gasteiger partial charge in [0.15, 0.2) is 10.6 Å². The fourth-order valence-electron chi connectivity index (χ4n) is 3.26. The summed E-state index contributed by atoms with van der Waals surface area (Å²) in [7, 11) is -3.77. The van der Waals surface area contributed by atoms with E-state index in [-0.39, 0.29) is 4.90 Å². The number of aromatic nitrogens is 3. The second kappa shape index (κ2) is 8.74. The van der Waals surface area contributed by atoms with Crippen molar-refractivity contribution in [1.29, 1.82) is 0 Å². The van der Waals surface area contributed by atoms with E-state index in [1.165, 1.54) is 0 Å². The van der Waals surface area contributed by atoms with E-state index in [1.807, 2.05) is 60.7 Å². The van der Waals surface area contributed by atoms with Gasteiger partial charge in [0.05, 0.1) is 10.9 Å². The average Bonchev–Trinajstić information content (AvgIpc) is 3.16. The van der Waals surface area contributed by atoms with Crippen molar-refractivity contribution in [1.82, 2.24) is 19.5 Å². The Morgan fingerprint density at radius 1 is 0.900 bits per heavy atom. The topological polar surface area (TPSA) is 79.8 Å². The Bertz CT molecular complexity index is 1270. The van der Waals surface area contributed by atoms with Crippen LogP contribution in [0.3, 0.4) is 0 Å². The number of H-pyrrole nitrogens is 1. The molecular weight excluding hydrogens is 416 g/mol. The van der Waals surface area contributed by atoms with E-state index in [0.717, 1.165) is 11.3 Å². The Kier molecular flexibility index (Phi) is 5.89. The van der Waals surface area contributed by atoms with Crippen molar-refractivity contribution >= 4 is 22.2 Å². The summed E-state index contributed by atoms with van der Waals surface area (Å²) in [6.45, 7) is 0. The molecule has 0 amide bonds. The van der Waals surface area contributed by atoms with Crippen molar-refractivity contribution in [3.8, 4) is 5.69 Å². The van der Waals surface area contributed by atoms with Crippen LogP contribution in [-0.4, -0.2) is 23.2 Å². The zero-order chi connectivity index (χ0) is 21.0. The maximum Gasteiger partial charge on any atom is 0.241 e. The molecule has 0 spiro atoms. The highest BCUT2D eigenvalue weighted by molar-refractivity contribution is 7.89. The van der Waals surface area contributed by atoms with E-state index < -0.39 is 16.1 Å². The first-order valence-electron chi connectivity index (χ1n) is 9.38. The van der Waals surface area contributed by atoms with Crippen molar-refractivity contribution in [3.63, 3.8) is 0 Å². The lowest BCUT2D eigenvalue weighted by Gasteiger charge is -2.19. The van der Waals surface area contributed by atoms with Crippen molar-refractivity contribution < 1.29 is 8.42 Å². The smallest absolute Gasteiger partial charge is 0.241 e. The summed E-state index contributed by atoms with van der Waals surface area (Å²) in [4.78, 5) is 0.198. The zero-order valence-electron chi connectivity index (χ0n) is 16.0. The number of hydrogen-bond acceptors (Lipinski definition) is 4. The highest BCUT2D eigenvalue weighted by Gasteiger charge is 2.26. The van der Waals surface area contributed by atoms with E-state index in [2.05, 4.69) is 14.9 Å². The second-order valence-electron chi connectivity index (χ2n) is 6.73. The normalized spacial score (nSPS) is 12.5. The van der Waals surface area contributed by atoms with Gasteiger partial charge in [0.1, 0.15) is 0 Å². The number of aromatic amines is 1. The number of nitrogens with zero attached hydrogens (tertiary/aromatic N) is 2. The van der Waals surface area contributed by atoms with Crippen molar-refractivity contribution in [2.24, 2.45) is 0 Å². The van der Waals surface area contributed by atoms with Gasteiger partial charge < -0.3 is 0 Å². The lowest BCUT2D eigenvalue weighted by molar-refractivity contribution is 0.538. The maximum atomic E-state index is 13.1. The summed E-state index contributed by atoms with van der Waals surface area (Å²) >= 11 is 5.44. The van der Waals surface area contributed by atoms with Gasteiger partial charge in [-0.15, -0.1) is 0 Å². The molecule has 1 heterocycles. The first-order valence-corrected chi connectivity index (χ1v) is 11.3. The summed E-state index contributed by atoms with van der Waals surface area (Å²) in [6.07, 6.45) is 0.416. The molecule has 4 rings (SSSR count). The molecule has 0 aliphatic carbocycles. The predicted octanol–water partition coefficient (Wildman–Crippen LogP) is 4.19. The molecule has 152 valence electrons. The summed E-state index contributed by atoms with van der Waals surface area (Å²) in [6, 6.07) is 26.9. The third-order valence-corrected chi connectivity index (χ3v) is 6.42. The molecule has 6 nitrogen and oxygen atoms in total. The van der Waals surface area contributed by atoms with Crippen LogP contribution < -0.4 is 4.72 Å². The molecule has 8 heteroatoms. The molecule has 0 fully saturated rings. The Balaban J connectivity index is 1.79.